The summed E-state index contributed by atoms with van der Waals surface area (Å²) in [6, 6.07) is 8.56. The number of hydrogen-bond donors (Lipinski definition) is 0. The lowest BCUT2D eigenvalue weighted by Gasteiger charge is -2.00. The van der Waals surface area contributed by atoms with Gasteiger partial charge in [0.05, 0.1) is 0 Å². The summed E-state index contributed by atoms with van der Waals surface area (Å²) in [4.78, 5) is 0. The molecule has 0 bridgehead atoms. The Kier molecular flexibility index (Phi) is 3.96. The number of rotatable bonds is 1. The minimum Gasteiger partial charge on any atom is -0.350 e. The zero-order chi connectivity index (χ0) is 11.4. The fourth-order valence-electron chi connectivity index (χ4n) is 1.83. The van der Waals surface area contributed by atoms with Gasteiger partial charge in [-0.2, -0.15) is 0 Å². The fraction of sp³-hybridized carbons (Fsp3) is 0.429. The molecule has 0 aliphatic heterocycles. The first kappa shape index (κ1) is 11.8. The molecule has 2 rings (SSSR count). The average molecular weight is 203 g/mol. The molecule has 0 amide bonds. The number of aromatic nitrogens is 1. The first-order valence-electron chi connectivity index (χ1n) is 5.74. The van der Waals surface area contributed by atoms with E-state index in [1.807, 2.05) is 13.8 Å². The van der Waals surface area contributed by atoms with Crippen LogP contribution in [0.5, 0.6) is 0 Å². The molecule has 0 aliphatic rings. The van der Waals surface area contributed by atoms with Gasteiger partial charge in [-0.05, 0) is 17.5 Å². The molecular formula is C14H21N. The number of hydrogen-bond acceptors (Lipinski definition) is 0. The van der Waals surface area contributed by atoms with E-state index in [2.05, 4.69) is 55.9 Å². The van der Waals surface area contributed by atoms with E-state index in [9.17, 15) is 0 Å². The van der Waals surface area contributed by atoms with Crippen LogP contribution < -0.4 is 0 Å². The van der Waals surface area contributed by atoms with Crippen LogP contribution in [0.1, 0.15) is 39.2 Å². The Hall–Kier alpha value is -1.24. The minimum atomic E-state index is 0.603. The first-order chi connectivity index (χ1) is 7.20. The second-order valence-electron chi connectivity index (χ2n) is 3.87. The zero-order valence-electron chi connectivity index (χ0n) is 10.4. The normalized spacial score (nSPS) is 10.3. The number of para-hydroxylation sites is 1. The molecule has 0 radical (unpaired) electrons. The molecule has 0 unspecified atom stereocenters. The predicted molar refractivity (Wildman–Crippen MR) is 68.4 cm³/mol. The molecular weight excluding hydrogens is 182 g/mol. The van der Waals surface area contributed by atoms with E-state index in [4.69, 9.17) is 0 Å². The first-order valence-corrected chi connectivity index (χ1v) is 5.74. The van der Waals surface area contributed by atoms with E-state index in [1.165, 1.54) is 16.5 Å². The second kappa shape index (κ2) is 5.01. The summed E-state index contributed by atoms with van der Waals surface area (Å²) in [5.74, 6) is 0.603. The molecule has 1 nitrogen and oxygen atoms in total. The summed E-state index contributed by atoms with van der Waals surface area (Å²) in [5.41, 5.74) is 2.77. The van der Waals surface area contributed by atoms with Crippen LogP contribution in [0.2, 0.25) is 0 Å². The van der Waals surface area contributed by atoms with Crippen LogP contribution in [0.25, 0.3) is 10.9 Å². The van der Waals surface area contributed by atoms with Gasteiger partial charge in [-0.3, -0.25) is 0 Å². The van der Waals surface area contributed by atoms with E-state index in [0.29, 0.717) is 5.92 Å². The molecule has 0 fully saturated rings. The van der Waals surface area contributed by atoms with E-state index in [-0.39, 0.29) is 0 Å². The highest BCUT2D eigenvalue weighted by Crippen LogP contribution is 2.26. The molecule has 2 aromatic rings. The highest BCUT2D eigenvalue weighted by atomic mass is 14.9. The summed E-state index contributed by atoms with van der Waals surface area (Å²) in [5, 5.41) is 1.39. The minimum absolute atomic E-state index is 0.603. The zero-order valence-corrected chi connectivity index (χ0v) is 10.4. The third-order valence-corrected chi connectivity index (χ3v) is 2.55. The molecule has 0 atom stereocenters. The molecule has 0 spiro atoms. The Labute approximate surface area is 92.7 Å². The molecule has 82 valence electrons. The highest BCUT2D eigenvalue weighted by Gasteiger charge is 2.07. The molecule has 0 saturated carbocycles. The van der Waals surface area contributed by atoms with Gasteiger partial charge in [-0.15, -0.1) is 0 Å². The Bertz CT molecular complexity index is 424. The Morgan fingerprint density at radius 2 is 1.67 bits per heavy atom. The molecule has 0 N–H and O–H groups in total. The highest BCUT2D eigenvalue weighted by molar-refractivity contribution is 5.84. The quantitative estimate of drug-likeness (QED) is 0.650. The van der Waals surface area contributed by atoms with Crippen LogP contribution in [-0.2, 0) is 7.05 Å². The van der Waals surface area contributed by atoms with E-state index < -0.39 is 0 Å². The van der Waals surface area contributed by atoms with Gasteiger partial charge < -0.3 is 4.57 Å². The van der Waals surface area contributed by atoms with E-state index in [0.717, 1.165) is 0 Å². The van der Waals surface area contributed by atoms with Gasteiger partial charge in [0.15, 0.2) is 0 Å². The summed E-state index contributed by atoms with van der Waals surface area (Å²) in [7, 11) is 2.11. The Morgan fingerprint density at radius 1 is 1.07 bits per heavy atom. The van der Waals surface area contributed by atoms with Gasteiger partial charge in [-0.1, -0.05) is 45.9 Å². The monoisotopic (exact) mass is 203 g/mol. The van der Waals surface area contributed by atoms with Crippen molar-refractivity contribution in [1.82, 2.24) is 4.57 Å². The van der Waals surface area contributed by atoms with Crippen molar-refractivity contribution in [2.75, 3.05) is 0 Å². The van der Waals surface area contributed by atoms with Crippen molar-refractivity contribution in [3.63, 3.8) is 0 Å². The standard InChI is InChI=1S/C12H15N.C2H6/c1-9(2)11-8-13(3)12-7-5-4-6-10(11)12;1-2/h4-9H,1-3H3;1-2H3. The number of nitrogens with zero attached hydrogens (tertiary/aromatic N) is 1. The SMILES string of the molecule is CC.CC(C)c1cn(C)c2ccccc12. The number of aryl methyl sites for hydroxylation is 1. The second-order valence-corrected chi connectivity index (χ2v) is 3.87. The van der Waals surface area contributed by atoms with Crippen molar-refractivity contribution < 1.29 is 0 Å². The summed E-state index contributed by atoms with van der Waals surface area (Å²) >= 11 is 0. The van der Waals surface area contributed by atoms with Crippen LogP contribution in [0, 0.1) is 0 Å². The topological polar surface area (TPSA) is 4.93 Å². The molecule has 0 aliphatic carbocycles. The van der Waals surface area contributed by atoms with Gasteiger partial charge in [0.1, 0.15) is 0 Å². The van der Waals surface area contributed by atoms with Crippen LogP contribution in [0.3, 0.4) is 0 Å². The Balaban J connectivity index is 0.000000531. The van der Waals surface area contributed by atoms with Crippen molar-refractivity contribution in [3.8, 4) is 0 Å². The van der Waals surface area contributed by atoms with Crippen LogP contribution in [0.4, 0.5) is 0 Å². The summed E-state index contributed by atoms with van der Waals surface area (Å²) in [6.07, 6.45) is 2.23. The lowest BCUT2D eigenvalue weighted by molar-refractivity contribution is 0.857. The van der Waals surface area contributed by atoms with Crippen LogP contribution in [-0.4, -0.2) is 4.57 Å². The van der Waals surface area contributed by atoms with Crippen molar-refractivity contribution >= 4 is 10.9 Å². The maximum Gasteiger partial charge on any atom is 0.0480 e. The van der Waals surface area contributed by atoms with Crippen molar-refractivity contribution in [1.29, 1.82) is 0 Å². The molecule has 1 heteroatoms. The smallest absolute Gasteiger partial charge is 0.0480 e. The third-order valence-electron chi connectivity index (χ3n) is 2.55. The largest absolute Gasteiger partial charge is 0.350 e. The average Bonchev–Trinajstić information content (AvgIpc) is 2.60. The number of fused-ring (bicyclic) bond motifs is 1. The fourth-order valence-corrected chi connectivity index (χ4v) is 1.83. The lowest BCUT2D eigenvalue weighted by atomic mass is 10.0. The maximum absolute atomic E-state index is 2.24. The van der Waals surface area contributed by atoms with Crippen molar-refractivity contribution in [3.05, 3.63) is 36.0 Å². The van der Waals surface area contributed by atoms with Crippen LogP contribution >= 0.6 is 0 Å². The summed E-state index contributed by atoms with van der Waals surface area (Å²) < 4.78 is 2.20. The number of benzene rings is 1. The van der Waals surface area contributed by atoms with E-state index >= 15 is 0 Å². The van der Waals surface area contributed by atoms with Gasteiger partial charge in [-0.25, -0.2) is 0 Å². The molecule has 15 heavy (non-hydrogen) atoms. The Morgan fingerprint density at radius 3 is 2.27 bits per heavy atom. The van der Waals surface area contributed by atoms with Crippen molar-refractivity contribution in [2.24, 2.45) is 7.05 Å². The molecule has 1 aromatic carbocycles. The van der Waals surface area contributed by atoms with Crippen LogP contribution in [0.15, 0.2) is 30.5 Å². The molecule has 0 saturated heterocycles. The van der Waals surface area contributed by atoms with Gasteiger partial charge >= 0.3 is 0 Å². The lowest BCUT2D eigenvalue weighted by Crippen LogP contribution is -1.84. The van der Waals surface area contributed by atoms with Gasteiger partial charge in [0.25, 0.3) is 0 Å². The van der Waals surface area contributed by atoms with Gasteiger partial charge in [0.2, 0.25) is 0 Å². The van der Waals surface area contributed by atoms with Crippen molar-refractivity contribution in [2.45, 2.75) is 33.6 Å². The summed E-state index contributed by atoms with van der Waals surface area (Å²) in [6.45, 7) is 8.48. The predicted octanol–water partition coefficient (Wildman–Crippen LogP) is 4.33. The molecule has 1 heterocycles. The molecule has 1 aromatic heterocycles. The third kappa shape index (κ3) is 2.23. The van der Waals surface area contributed by atoms with E-state index in [1.54, 1.807) is 0 Å². The van der Waals surface area contributed by atoms with Gasteiger partial charge in [0, 0.05) is 24.1 Å². The maximum atomic E-state index is 2.24.